The van der Waals surface area contributed by atoms with Crippen LogP contribution in [0.5, 0.6) is 0 Å². The first kappa shape index (κ1) is 18.6. The third kappa shape index (κ3) is 3.17. The quantitative estimate of drug-likeness (QED) is 0.815. The Kier molecular flexibility index (Phi) is 4.88. The summed E-state index contributed by atoms with van der Waals surface area (Å²) in [4.78, 5) is 29.1. The number of benzene rings is 1. The molecule has 144 valence electrons. The molecule has 4 nitrogen and oxygen atoms in total. The number of hydrogen-bond acceptors (Lipinski definition) is 3. The first-order chi connectivity index (χ1) is 13.5. The van der Waals surface area contributed by atoms with Crippen LogP contribution in [-0.2, 0) is 10.2 Å². The van der Waals surface area contributed by atoms with Crippen molar-refractivity contribution in [3.8, 4) is 0 Å². The van der Waals surface area contributed by atoms with Crippen molar-refractivity contribution in [3.05, 3.63) is 65.0 Å². The second-order valence-electron chi connectivity index (χ2n) is 7.98. The second kappa shape index (κ2) is 7.34. The highest BCUT2D eigenvalue weighted by Crippen LogP contribution is 2.49. The lowest BCUT2D eigenvalue weighted by molar-refractivity contribution is -0.123. The summed E-state index contributed by atoms with van der Waals surface area (Å²) in [5.74, 6) is 0.611. The van der Waals surface area contributed by atoms with Crippen molar-refractivity contribution in [2.24, 2.45) is 5.92 Å². The summed E-state index contributed by atoms with van der Waals surface area (Å²) in [6, 6.07) is 9.70. The number of hydrogen-bond donors (Lipinski definition) is 1. The summed E-state index contributed by atoms with van der Waals surface area (Å²) in [6.45, 7) is 4.11. The molecule has 4 rings (SSSR count). The smallest absolute Gasteiger partial charge is 0.255 e. The first-order valence-electron chi connectivity index (χ1n) is 10.1. The fourth-order valence-corrected chi connectivity index (χ4v) is 4.92. The van der Waals surface area contributed by atoms with Crippen molar-refractivity contribution in [2.75, 3.05) is 5.32 Å². The average Bonchev–Trinajstić information content (AvgIpc) is 2.86. The van der Waals surface area contributed by atoms with Gasteiger partial charge in [0.25, 0.3) is 5.91 Å². The van der Waals surface area contributed by atoms with Crippen LogP contribution in [-0.4, -0.2) is 16.7 Å². The zero-order valence-electron chi connectivity index (χ0n) is 16.5. The number of aromatic nitrogens is 1. The number of nitrogens with zero attached hydrogens (tertiary/aromatic N) is 1. The maximum absolute atomic E-state index is 12.8. The number of fused-ring (bicyclic) bond motifs is 3. The number of ketones is 1. The van der Waals surface area contributed by atoms with Crippen LogP contribution in [0, 0.1) is 12.8 Å². The Balaban J connectivity index is 1.68. The summed E-state index contributed by atoms with van der Waals surface area (Å²) < 4.78 is 0. The molecule has 0 saturated heterocycles. The van der Waals surface area contributed by atoms with E-state index < -0.39 is 0 Å². The minimum absolute atomic E-state index is 0.0295. The van der Waals surface area contributed by atoms with Gasteiger partial charge in [0.2, 0.25) is 0 Å². The van der Waals surface area contributed by atoms with Gasteiger partial charge in [0.05, 0.1) is 11.4 Å². The number of rotatable bonds is 3. The van der Waals surface area contributed by atoms with Crippen LogP contribution < -0.4 is 5.32 Å². The largest absolute Gasteiger partial charge is 0.320 e. The molecule has 1 N–H and O–H groups in total. The van der Waals surface area contributed by atoms with Gasteiger partial charge in [-0.1, -0.05) is 25.1 Å². The Bertz CT molecular complexity index is 963. The fraction of sp³-hybridized carbons (Fsp3) is 0.375. The molecule has 1 amide bonds. The lowest BCUT2D eigenvalue weighted by Crippen LogP contribution is -2.40. The molecule has 2 aromatic rings. The normalized spacial score (nSPS) is 23.5. The first-order valence-corrected chi connectivity index (χ1v) is 10.1. The van der Waals surface area contributed by atoms with Crippen molar-refractivity contribution in [3.63, 3.8) is 0 Å². The summed E-state index contributed by atoms with van der Waals surface area (Å²) in [7, 11) is 0. The Hall–Kier alpha value is -2.75. The molecule has 1 saturated carbocycles. The third-order valence-electron chi connectivity index (χ3n) is 6.56. The number of nitrogens with one attached hydrogen (secondary N) is 1. The Morgan fingerprint density at radius 2 is 2.18 bits per heavy atom. The molecule has 28 heavy (non-hydrogen) atoms. The van der Waals surface area contributed by atoms with Crippen LogP contribution in [0.1, 0.15) is 66.2 Å². The Morgan fingerprint density at radius 3 is 2.96 bits per heavy atom. The molecule has 2 aliphatic carbocycles. The fourth-order valence-electron chi connectivity index (χ4n) is 4.92. The number of aryl methyl sites for hydroxylation is 1. The van der Waals surface area contributed by atoms with E-state index >= 15 is 0 Å². The minimum Gasteiger partial charge on any atom is -0.320 e. The molecule has 0 spiro atoms. The van der Waals surface area contributed by atoms with E-state index in [1.807, 2.05) is 31.2 Å². The van der Waals surface area contributed by atoms with Gasteiger partial charge >= 0.3 is 0 Å². The highest BCUT2D eigenvalue weighted by Gasteiger charge is 2.44. The van der Waals surface area contributed by atoms with E-state index in [0.29, 0.717) is 30.1 Å². The molecule has 1 aromatic carbocycles. The lowest BCUT2D eigenvalue weighted by atomic mass is 9.60. The van der Waals surface area contributed by atoms with Gasteiger partial charge in [0.1, 0.15) is 5.78 Å². The number of anilines is 1. The number of carbonyl (C=O) groups excluding carboxylic acids is 2. The molecule has 4 heteroatoms. The molecule has 1 fully saturated rings. The molecule has 1 unspecified atom stereocenters. The van der Waals surface area contributed by atoms with Gasteiger partial charge in [-0.05, 0) is 72.9 Å². The van der Waals surface area contributed by atoms with Crippen molar-refractivity contribution in [1.82, 2.24) is 4.98 Å². The van der Waals surface area contributed by atoms with E-state index in [-0.39, 0.29) is 11.3 Å². The van der Waals surface area contributed by atoms with Crippen LogP contribution in [0.15, 0.2) is 42.6 Å². The maximum atomic E-state index is 12.8. The van der Waals surface area contributed by atoms with Crippen molar-refractivity contribution >= 4 is 23.5 Å². The molecule has 2 aliphatic rings. The predicted molar refractivity (Wildman–Crippen MR) is 111 cm³/mol. The highest BCUT2D eigenvalue weighted by molar-refractivity contribution is 6.05. The lowest BCUT2D eigenvalue weighted by Gasteiger charge is -2.43. The van der Waals surface area contributed by atoms with Gasteiger partial charge in [-0.3, -0.25) is 14.6 Å². The molecule has 2 atom stereocenters. The predicted octanol–water partition coefficient (Wildman–Crippen LogP) is 5.08. The van der Waals surface area contributed by atoms with Gasteiger partial charge < -0.3 is 5.32 Å². The van der Waals surface area contributed by atoms with Gasteiger partial charge in [-0.2, -0.15) is 0 Å². The van der Waals surface area contributed by atoms with E-state index in [0.717, 1.165) is 36.2 Å². The number of Topliss-reactive ketones (excluding diaryl/α,β-unsaturated/α-hetero) is 1. The SMILES string of the molecule is CCC12CCC(=O)C[C@@H]1CC=Cc1cc(C(=O)Nc3cccnc3C)ccc12. The minimum atomic E-state index is -0.127. The Labute approximate surface area is 166 Å². The van der Waals surface area contributed by atoms with Crippen molar-refractivity contribution in [2.45, 2.75) is 51.4 Å². The van der Waals surface area contributed by atoms with E-state index in [9.17, 15) is 9.59 Å². The van der Waals surface area contributed by atoms with Gasteiger partial charge in [0, 0.05) is 24.6 Å². The maximum Gasteiger partial charge on any atom is 0.255 e. The van der Waals surface area contributed by atoms with E-state index in [1.165, 1.54) is 5.56 Å². The molecule has 0 bridgehead atoms. The van der Waals surface area contributed by atoms with Crippen LogP contribution in [0.25, 0.3) is 6.08 Å². The molecular weight excluding hydrogens is 348 g/mol. The second-order valence-corrected chi connectivity index (χ2v) is 7.98. The van der Waals surface area contributed by atoms with Gasteiger partial charge in [-0.25, -0.2) is 0 Å². The number of carbonyl (C=O) groups is 2. The molecule has 0 aliphatic heterocycles. The number of pyridine rings is 1. The van der Waals surface area contributed by atoms with E-state index in [1.54, 1.807) is 6.20 Å². The number of allylic oxidation sites excluding steroid dienone is 1. The molecule has 1 aromatic heterocycles. The van der Waals surface area contributed by atoms with Crippen LogP contribution >= 0.6 is 0 Å². The summed E-state index contributed by atoms with van der Waals surface area (Å²) in [5, 5.41) is 2.96. The zero-order chi connectivity index (χ0) is 19.7. The van der Waals surface area contributed by atoms with Crippen LogP contribution in [0.3, 0.4) is 0 Å². The average molecular weight is 374 g/mol. The van der Waals surface area contributed by atoms with Crippen LogP contribution in [0.4, 0.5) is 5.69 Å². The topological polar surface area (TPSA) is 59.1 Å². The summed E-state index contributed by atoms with van der Waals surface area (Å²) in [6.07, 6.45) is 10.2. The van der Waals surface area contributed by atoms with Gasteiger partial charge in [0.15, 0.2) is 0 Å². The molecule has 1 heterocycles. The standard InChI is InChI=1S/C24H26N2O2/c1-3-24-12-11-20(27)15-19(24)7-4-6-17-14-18(9-10-21(17)24)23(28)26-22-8-5-13-25-16(22)2/h4-6,8-10,13-14,19H,3,7,11-12,15H2,1-2H3,(H,26,28)/t19-,24?/m0/s1. The van der Waals surface area contributed by atoms with E-state index in [2.05, 4.69) is 35.4 Å². The monoisotopic (exact) mass is 374 g/mol. The summed E-state index contributed by atoms with van der Waals surface area (Å²) >= 11 is 0. The van der Waals surface area contributed by atoms with Crippen molar-refractivity contribution in [1.29, 1.82) is 0 Å². The van der Waals surface area contributed by atoms with Crippen molar-refractivity contribution < 1.29 is 9.59 Å². The third-order valence-corrected chi connectivity index (χ3v) is 6.56. The Morgan fingerprint density at radius 1 is 1.32 bits per heavy atom. The van der Waals surface area contributed by atoms with E-state index in [4.69, 9.17) is 0 Å². The molecular formula is C24H26N2O2. The van der Waals surface area contributed by atoms with Crippen LogP contribution in [0.2, 0.25) is 0 Å². The molecule has 0 radical (unpaired) electrons. The highest BCUT2D eigenvalue weighted by atomic mass is 16.1. The summed E-state index contributed by atoms with van der Waals surface area (Å²) in [5.41, 5.74) is 4.59. The van der Waals surface area contributed by atoms with Gasteiger partial charge in [-0.15, -0.1) is 0 Å². The number of amides is 1. The zero-order valence-corrected chi connectivity index (χ0v) is 16.5.